The lowest BCUT2D eigenvalue weighted by Gasteiger charge is -2.49. The second-order valence-electron chi connectivity index (χ2n) is 7.77. The second-order valence-corrected chi connectivity index (χ2v) is 7.77. The van der Waals surface area contributed by atoms with E-state index in [2.05, 4.69) is 44.8 Å². The fraction of sp³-hybridized carbons (Fsp3) is 1.00. The summed E-state index contributed by atoms with van der Waals surface area (Å²) < 4.78 is 6.16. The maximum Gasteiger partial charge on any atom is 0.0760 e. The second kappa shape index (κ2) is 5.71. The van der Waals surface area contributed by atoms with E-state index in [4.69, 9.17) is 4.74 Å². The van der Waals surface area contributed by atoms with Crippen LogP contribution in [0.2, 0.25) is 0 Å². The van der Waals surface area contributed by atoms with Gasteiger partial charge in [-0.2, -0.15) is 0 Å². The molecule has 19 heavy (non-hydrogen) atoms. The van der Waals surface area contributed by atoms with Crippen LogP contribution in [0.1, 0.15) is 60.3 Å². The maximum atomic E-state index is 6.16. The Morgan fingerprint density at radius 1 is 1.11 bits per heavy atom. The van der Waals surface area contributed by atoms with Gasteiger partial charge in [-0.15, -0.1) is 0 Å². The molecule has 0 amide bonds. The molecule has 1 atom stereocenters. The van der Waals surface area contributed by atoms with Crippen LogP contribution >= 0.6 is 0 Å². The minimum absolute atomic E-state index is 0.0383. The van der Waals surface area contributed by atoms with Crippen LogP contribution in [0.4, 0.5) is 0 Å². The molecular formula is C16H32N2O. The number of ether oxygens (including phenoxy) is 1. The van der Waals surface area contributed by atoms with Crippen molar-refractivity contribution in [3.63, 3.8) is 0 Å². The lowest BCUT2D eigenvalue weighted by molar-refractivity contribution is -0.186. The Labute approximate surface area is 119 Å². The molecule has 0 spiro atoms. The molecule has 112 valence electrons. The molecule has 2 aliphatic rings. The van der Waals surface area contributed by atoms with Crippen LogP contribution in [0.25, 0.3) is 0 Å². The SMILES string of the molecule is CC(CNC1CCCC1)N1CC(C)(C)OC(C)(C)C1. The van der Waals surface area contributed by atoms with Crippen LogP contribution < -0.4 is 5.32 Å². The summed E-state index contributed by atoms with van der Waals surface area (Å²) in [5.41, 5.74) is -0.0766. The van der Waals surface area contributed by atoms with Gasteiger partial charge in [-0.25, -0.2) is 0 Å². The third-order valence-electron chi connectivity index (χ3n) is 4.40. The molecule has 1 N–H and O–H groups in total. The zero-order valence-corrected chi connectivity index (χ0v) is 13.5. The first-order valence-electron chi connectivity index (χ1n) is 7.95. The van der Waals surface area contributed by atoms with Crippen molar-refractivity contribution in [1.29, 1.82) is 0 Å². The zero-order valence-electron chi connectivity index (χ0n) is 13.5. The van der Waals surface area contributed by atoms with Gasteiger partial charge in [0, 0.05) is 31.7 Å². The molecule has 2 fully saturated rings. The van der Waals surface area contributed by atoms with Crippen LogP contribution in [0.3, 0.4) is 0 Å². The van der Waals surface area contributed by atoms with Gasteiger partial charge >= 0.3 is 0 Å². The van der Waals surface area contributed by atoms with Crippen LogP contribution in [-0.4, -0.2) is 47.8 Å². The normalized spacial score (nSPS) is 29.5. The van der Waals surface area contributed by atoms with Crippen LogP contribution in [-0.2, 0) is 4.74 Å². The number of nitrogens with zero attached hydrogens (tertiary/aromatic N) is 1. The highest BCUT2D eigenvalue weighted by Gasteiger charge is 2.39. The van der Waals surface area contributed by atoms with Crippen molar-refractivity contribution in [2.45, 2.75) is 83.6 Å². The summed E-state index contributed by atoms with van der Waals surface area (Å²) in [5, 5.41) is 3.75. The smallest absolute Gasteiger partial charge is 0.0760 e. The van der Waals surface area contributed by atoms with Gasteiger partial charge in [0.15, 0.2) is 0 Å². The molecule has 1 saturated heterocycles. The van der Waals surface area contributed by atoms with Crippen molar-refractivity contribution in [2.24, 2.45) is 0 Å². The van der Waals surface area contributed by atoms with Crippen molar-refractivity contribution in [3.8, 4) is 0 Å². The van der Waals surface area contributed by atoms with Crippen molar-refractivity contribution >= 4 is 0 Å². The third kappa shape index (κ3) is 4.44. The van der Waals surface area contributed by atoms with E-state index >= 15 is 0 Å². The maximum absolute atomic E-state index is 6.16. The molecular weight excluding hydrogens is 236 g/mol. The van der Waals surface area contributed by atoms with E-state index in [1.807, 2.05) is 0 Å². The summed E-state index contributed by atoms with van der Waals surface area (Å²) >= 11 is 0. The molecule has 0 bridgehead atoms. The Bertz CT molecular complexity index is 279. The Balaban J connectivity index is 1.85. The average Bonchev–Trinajstić information content (AvgIpc) is 2.74. The largest absolute Gasteiger partial charge is 0.367 e. The molecule has 0 radical (unpaired) electrons. The van der Waals surface area contributed by atoms with Gasteiger partial charge in [0.1, 0.15) is 0 Å². The van der Waals surface area contributed by atoms with E-state index in [0.717, 1.165) is 25.7 Å². The van der Waals surface area contributed by atoms with Gasteiger partial charge in [-0.05, 0) is 47.5 Å². The topological polar surface area (TPSA) is 24.5 Å². The van der Waals surface area contributed by atoms with E-state index < -0.39 is 0 Å². The molecule has 1 heterocycles. The summed E-state index contributed by atoms with van der Waals surface area (Å²) in [4.78, 5) is 2.59. The third-order valence-corrected chi connectivity index (χ3v) is 4.40. The van der Waals surface area contributed by atoms with Gasteiger partial charge in [0.25, 0.3) is 0 Å². The number of rotatable bonds is 4. The Hall–Kier alpha value is -0.120. The van der Waals surface area contributed by atoms with Gasteiger partial charge in [-0.1, -0.05) is 12.8 Å². The van der Waals surface area contributed by atoms with E-state index in [-0.39, 0.29) is 11.2 Å². The molecule has 2 rings (SSSR count). The number of morpholine rings is 1. The fourth-order valence-electron chi connectivity index (χ4n) is 3.75. The van der Waals surface area contributed by atoms with Crippen molar-refractivity contribution in [2.75, 3.05) is 19.6 Å². The zero-order chi connectivity index (χ0) is 14.1. The molecule has 0 aromatic carbocycles. The minimum atomic E-state index is -0.0383. The first-order valence-corrected chi connectivity index (χ1v) is 7.95. The molecule has 1 saturated carbocycles. The van der Waals surface area contributed by atoms with Crippen LogP contribution in [0.15, 0.2) is 0 Å². The fourth-order valence-corrected chi connectivity index (χ4v) is 3.75. The lowest BCUT2D eigenvalue weighted by atomic mass is 9.97. The summed E-state index contributed by atoms with van der Waals surface area (Å²) in [7, 11) is 0. The highest BCUT2D eigenvalue weighted by molar-refractivity contribution is 4.91. The van der Waals surface area contributed by atoms with Crippen molar-refractivity contribution in [3.05, 3.63) is 0 Å². The summed E-state index contributed by atoms with van der Waals surface area (Å²) in [6.07, 6.45) is 5.55. The van der Waals surface area contributed by atoms with Crippen LogP contribution in [0.5, 0.6) is 0 Å². The first kappa shape index (κ1) is 15.3. The Kier molecular flexibility index (Phi) is 4.59. The number of nitrogens with one attached hydrogen (secondary N) is 1. The highest BCUT2D eigenvalue weighted by atomic mass is 16.5. The predicted octanol–water partition coefficient (Wildman–Crippen LogP) is 2.80. The predicted molar refractivity (Wildman–Crippen MR) is 80.5 cm³/mol. The van der Waals surface area contributed by atoms with Gasteiger partial charge in [-0.3, -0.25) is 4.90 Å². The number of hydrogen-bond acceptors (Lipinski definition) is 3. The molecule has 0 aromatic heterocycles. The molecule has 3 nitrogen and oxygen atoms in total. The summed E-state index contributed by atoms with van der Waals surface area (Å²) in [6.45, 7) is 14.3. The molecule has 3 heteroatoms. The van der Waals surface area contributed by atoms with Gasteiger partial charge < -0.3 is 10.1 Å². The monoisotopic (exact) mass is 268 g/mol. The molecule has 0 aromatic rings. The summed E-state index contributed by atoms with van der Waals surface area (Å²) in [6, 6.07) is 1.35. The quantitative estimate of drug-likeness (QED) is 0.848. The van der Waals surface area contributed by atoms with Gasteiger partial charge in [0.2, 0.25) is 0 Å². The van der Waals surface area contributed by atoms with E-state index in [1.165, 1.54) is 25.7 Å². The van der Waals surface area contributed by atoms with Gasteiger partial charge in [0.05, 0.1) is 11.2 Å². The minimum Gasteiger partial charge on any atom is -0.367 e. The summed E-state index contributed by atoms with van der Waals surface area (Å²) in [5.74, 6) is 0. The average molecular weight is 268 g/mol. The van der Waals surface area contributed by atoms with Crippen molar-refractivity contribution < 1.29 is 4.74 Å². The Morgan fingerprint density at radius 2 is 1.63 bits per heavy atom. The van der Waals surface area contributed by atoms with Crippen LogP contribution in [0, 0.1) is 0 Å². The van der Waals surface area contributed by atoms with E-state index in [0.29, 0.717) is 6.04 Å². The Morgan fingerprint density at radius 3 is 2.16 bits per heavy atom. The first-order chi connectivity index (χ1) is 8.77. The lowest BCUT2D eigenvalue weighted by Crippen LogP contribution is -2.60. The highest BCUT2D eigenvalue weighted by Crippen LogP contribution is 2.29. The number of hydrogen-bond donors (Lipinski definition) is 1. The molecule has 1 aliphatic carbocycles. The van der Waals surface area contributed by atoms with E-state index in [9.17, 15) is 0 Å². The van der Waals surface area contributed by atoms with Crippen molar-refractivity contribution in [1.82, 2.24) is 10.2 Å². The molecule has 1 aliphatic heterocycles. The standard InChI is InChI=1S/C16H32N2O/c1-13(10-17-14-8-6-7-9-14)18-11-15(2,3)19-16(4,5)12-18/h13-14,17H,6-12H2,1-5H3. The molecule has 1 unspecified atom stereocenters. The van der Waals surface area contributed by atoms with E-state index in [1.54, 1.807) is 0 Å².